The molecule has 146 valence electrons. The highest BCUT2D eigenvalue weighted by Gasteiger charge is 2.27. The molecule has 1 fully saturated rings. The van der Waals surface area contributed by atoms with E-state index in [1.807, 2.05) is 31.2 Å². The minimum Gasteiger partial charge on any atom is -0.353 e. The zero-order chi connectivity index (χ0) is 19.2. The van der Waals surface area contributed by atoms with Crippen LogP contribution in [-0.4, -0.2) is 40.1 Å². The summed E-state index contributed by atoms with van der Waals surface area (Å²) in [5.41, 5.74) is 2.13. The van der Waals surface area contributed by atoms with Gasteiger partial charge in [-0.05, 0) is 45.2 Å². The van der Waals surface area contributed by atoms with Crippen molar-refractivity contribution in [2.45, 2.75) is 59.0 Å². The summed E-state index contributed by atoms with van der Waals surface area (Å²) in [7, 11) is 0. The number of benzene rings is 1. The van der Waals surface area contributed by atoms with E-state index in [9.17, 15) is 4.79 Å². The normalized spacial score (nSPS) is 18.0. The van der Waals surface area contributed by atoms with Gasteiger partial charge in [0.25, 0.3) is 0 Å². The van der Waals surface area contributed by atoms with Gasteiger partial charge < -0.3 is 9.84 Å². The molecular weight excluding hydrogens is 340 g/mol. The van der Waals surface area contributed by atoms with Crippen molar-refractivity contribution >= 4 is 5.91 Å². The van der Waals surface area contributed by atoms with Crippen LogP contribution in [0.3, 0.4) is 0 Å². The summed E-state index contributed by atoms with van der Waals surface area (Å²) < 4.78 is 5.45. The summed E-state index contributed by atoms with van der Waals surface area (Å²) in [5.74, 6) is 1.44. The standard InChI is InChI=1S/C21H30N4O2/c1-4-18(5-2)22-21(26)17-10-7-11-25(13-17)14-19-23-20(24-27-19)16-9-6-8-15(3)12-16/h6,8-9,12,17-18H,4-5,7,10-11,13-14H2,1-3H3,(H,22,26). The van der Waals surface area contributed by atoms with Crippen molar-refractivity contribution in [1.29, 1.82) is 0 Å². The van der Waals surface area contributed by atoms with Crippen LogP contribution < -0.4 is 5.32 Å². The summed E-state index contributed by atoms with van der Waals surface area (Å²) >= 11 is 0. The van der Waals surface area contributed by atoms with Gasteiger partial charge in [-0.3, -0.25) is 9.69 Å². The lowest BCUT2D eigenvalue weighted by atomic mass is 9.96. The van der Waals surface area contributed by atoms with E-state index in [4.69, 9.17) is 4.52 Å². The molecule has 2 aromatic rings. The average Bonchev–Trinajstić information content (AvgIpc) is 3.14. The maximum atomic E-state index is 12.6. The Labute approximate surface area is 161 Å². The quantitative estimate of drug-likeness (QED) is 0.807. The highest BCUT2D eigenvalue weighted by Crippen LogP contribution is 2.21. The first-order valence-electron chi connectivity index (χ1n) is 10.0. The van der Waals surface area contributed by atoms with E-state index >= 15 is 0 Å². The molecule has 1 aromatic carbocycles. The van der Waals surface area contributed by atoms with Crippen molar-refractivity contribution in [3.05, 3.63) is 35.7 Å². The van der Waals surface area contributed by atoms with Crippen LogP contribution in [0.4, 0.5) is 0 Å². The number of rotatable bonds is 7. The van der Waals surface area contributed by atoms with Crippen LogP contribution in [0.25, 0.3) is 11.4 Å². The van der Waals surface area contributed by atoms with Crippen LogP contribution in [0.15, 0.2) is 28.8 Å². The molecule has 1 aliphatic rings. The fourth-order valence-corrected chi connectivity index (χ4v) is 3.64. The number of aryl methyl sites for hydroxylation is 1. The summed E-state index contributed by atoms with van der Waals surface area (Å²) in [4.78, 5) is 19.3. The topological polar surface area (TPSA) is 71.3 Å². The first-order valence-corrected chi connectivity index (χ1v) is 10.0. The summed E-state index contributed by atoms with van der Waals surface area (Å²) in [6, 6.07) is 8.36. The summed E-state index contributed by atoms with van der Waals surface area (Å²) in [6.07, 6.45) is 3.91. The van der Waals surface area contributed by atoms with Crippen molar-refractivity contribution < 1.29 is 9.32 Å². The minimum absolute atomic E-state index is 0.0403. The van der Waals surface area contributed by atoms with E-state index in [2.05, 4.69) is 34.2 Å². The Balaban J connectivity index is 1.59. The van der Waals surface area contributed by atoms with Crippen molar-refractivity contribution in [2.24, 2.45) is 5.92 Å². The van der Waals surface area contributed by atoms with E-state index in [0.717, 1.165) is 44.3 Å². The molecule has 0 spiro atoms. The van der Waals surface area contributed by atoms with Gasteiger partial charge in [0, 0.05) is 18.2 Å². The fourth-order valence-electron chi connectivity index (χ4n) is 3.64. The Morgan fingerprint density at radius 1 is 1.37 bits per heavy atom. The monoisotopic (exact) mass is 370 g/mol. The van der Waals surface area contributed by atoms with Gasteiger partial charge in [-0.1, -0.05) is 42.8 Å². The van der Waals surface area contributed by atoms with Crippen molar-refractivity contribution in [1.82, 2.24) is 20.4 Å². The molecule has 27 heavy (non-hydrogen) atoms. The van der Waals surface area contributed by atoms with Crippen molar-refractivity contribution in [3.63, 3.8) is 0 Å². The van der Waals surface area contributed by atoms with E-state index in [-0.39, 0.29) is 17.9 Å². The molecule has 1 unspecified atom stereocenters. The highest BCUT2D eigenvalue weighted by molar-refractivity contribution is 5.79. The number of likely N-dealkylation sites (tertiary alicyclic amines) is 1. The number of hydrogen-bond acceptors (Lipinski definition) is 5. The molecule has 1 amide bonds. The average molecular weight is 370 g/mol. The maximum Gasteiger partial charge on any atom is 0.241 e. The van der Waals surface area contributed by atoms with Gasteiger partial charge in [-0.15, -0.1) is 0 Å². The first-order chi connectivity index (χ1) is 13.1. The third-order valence-corrected chi connectivity index (χ3v) is 5.31. The van der Waals surface area contributed by atoms with Crippen LogP contribution >= 0.6 is 0 Å². The molecule has 2 heterocycles. The van der Waals surface area contributed by atoms with Gasteiger partial charge in [0.2, 0.25) is 17.6 Å². The zero-order valence-corrected chi connectivity index (χ0v) is 16.6. The second kappa shape index (κ2) is 9.13. The number of piperidine rings is 1. The van der Waals surface area contributed by atoms with Crippen LogP contribution in [0.1, 0.15) is 51.0 Å². The molecule has 3 rings (SSSR count). The summed E-state index contributed by atoms with van der Waals surface area (Å²) in [5, 5.41) is 7.30. The molecule has 0 aliphatic carbocycles. The molecule has 1 aromatic heterocycles. The van der Waals surface area contributed by atoms with Crippen molar-refractivity contribution in [2.75, 3.05) is 13.1 Å². The van der Waals surface area contributed by atoms with Crippen molar-refractivity contribution in [3.8, 4) is 11.4 Å². The van der Waals surface area contributed by atoms with Crippen LogP contribution in [-0.2, 0) is 11.3 Å². The number of hydrogen-bond donors (Lipinski definition) is 1. The lowest BCUT2D eigenvalue weighted by Gasteiger charge is -2.31. The number of carbonyl (C=O) groups excluding carboxylic acids is 1. The Bertz CT molecular complexity index is 754. The molecule has 0 saturated carbocycles. The van der Waals surface area contributed by atoms with Gasteiger partial charge in [0.05, 0.1) is 12.5 Å². The number of nitrogens with one attached hydrogen (secondary N) is 1. The largest absolute Gasteiger partial charge is 0.353 e. The van der Waals surface area contributed by atoms with Gasteiger partial charge >= 0.3 is 0 Å². The summed E-state index contributed by atoms with van der Waals surface area (Å²) in [6.45, 7) is 8.57. The molecular formula is C21H30N4O2. The Hall–Kier alpha value is -2.21. The number of aromatic nitrogens is 2. The Morgan fingerprint density at radius 3 is 2.93 bits per heavy atom. The van der Waals surface area contributed by atoms with E-state index in [1.54, 1.807) is 0 Å². The fraction of sp³-hybridized carbons (Fsp3) is 0.571. The molecule has 0 radical (unpaired) electrons. The molecule has 1 N–H and O–H groups in total. The predicted octanol–water partition coefficient (Wildman–Crippen LogP) is 3.56. The molecule has 0 bridgehead atoms. The molecule has 1 saturated heterocycles. The van der Waals surface area contributed by atoms with E-state index < -0.39 is 0 Å². The number of amides is 1. The highest BCUT2D eigenvalue weighted by atomic mass is 16.5. The number of carbonyl (C=O) groups is 1. The Kier molecular flexibility index (Phi) is 6.61. The lowest BCUT2D eigenvalue weighted by molar-refractivity contribution is -0.127. The van der Waals surface area contributed by atoms with Crippen LogP contribution in [0, 0.1) is 12.8 Å². The predicted molar refractivity (Wildman–Crippen MR) is 105 cm³/mol. The second-order valence-electron chi connectivity index (χ2n) is 7.48. The van der Waals surface area contributed by atoms with E-state index in [1.165, 1.54) is 5.56 Å². The van der Waals surface area contributed by atoms with Gasteiger partial charge in [-0.2, -0.15) is 4.98 Å². The Morgan fingerprint density at radius 2 is 2.19 bits per heavy atom. The minimum atomic E-state index is 0.0403. The van der Waals surface area contributed by atoms with Gasteiger partial charge in [0.15, 0.2) is 0 Å². The molecule has 1 atom stereocenters. The second-order valence-corrected chi connectivity index (χ2v) is 7.48. The van der Waals surface area contributed by atoms with Gasteiger partial charge in [0.1, 0.15) is 0 Å². The molecule has 6 nitrogen and oxygen atoms in total. The molecule has 6 heteroatoms. The lowest BCUT2D eigenvalue weighted by Crippen LogP contribution is -2.45. The molecule has 1 aliphatic heterocycles. The smallest absolute Gasteiger partial charge is 0.241 e. The zero-order valence-electron chi connectivity index (χ0n) is 16.6. The third kappa shape index (κ3) is 5.16. The van der Waals surface area contributed by atoms with E-state index in [0.29, 0.717) is 18.3 Å². The van der Waals surface area contributed by atoms with Crippen LogP contribution in [0.5, 0.6) is 0 Å². The first kappa shape index (κ1) is 19.5. The van der Waals surface area contributed by atoms with Crippen LogP contribution in [0.2, 0.25) is 0 Å². The number of nitrogens with zero attached hydrogens (tertiary/aromatic N) is 3. The maximum absolute atomic E-state index is 12.6. The SMILES string of the molecule is CCC(CC)NC(=O)C1CCCN(Cc2nc(-c3cccc(C)c3)no2)C1. The third-order valence-electron chi connectivity index (χ3n) is 5.31. The van der Waals surface area contributed by atoms with Gasteiger partial charge in [-0.25, -0.2) is 0 Å².